The second-order valence-corrected chi connectivity index (χ2v) is 5.57. The summed E-state index contributed by atoms with van der Waals surface area (Å²) in [5, 5.41) is 0. The summed E-state index contributed by atoms with van der Waals surface area (Å²) in [6.07, 6.45) is 3.48. The molecule has 0 N–H and O–H groups in total. The van der Waals surface area contributed by atoms with Gasteiger partial charge in [-0.05, 0) is 57.3 Å². The average Bonchev–Trinajstić information content (AvgIpc) is 2.49. The molecule has 0 aliphatic carbocycles. The van der Waals surface area contributed by atoms with Gasteiger partial charge in [0.1, 0.15) is 6.04 Å². The lowest BCUT2D eigenvalue weighted by atomic mass is 10.1. The molecule has 1 aromatic carbocycles. The van der Waals surface area contributed by atoms with Crippen molar-refractivity contribution in [1.82, 2.24) is 9.88 Å². The number of pyridine rings is 1. The third-order valence-corrected chi connectivity index (χ3v) is 3.65. The van der Waals surface area contributed by atoms with Crippen molar-refractivity contribution in [1.29, 1.82) is 0 Å². The van der Waals surface area contributed by atoms with E-state index in [0.29, 0.717) is 6.54 Å². The number of anilines is 1. The number of benzene rings is 1. The van der Waals surface area contributed by atoms with E-state index in [1.54, 1.807) is 12.4 Å². The number of rotatable bonds is 5. The monoisotopic (exact) mass is 297 g/mol. The van der Waals surface area contributed by atoms with E-state index >= 15 is 0 Å². The van der Waals surface area contributed by atoms with Gasteiger partial charge in [0.15, 0.2) is 0 Å². The van der Waals surface area contributed by atoms with E-state index in [-0.39, 0.29) is 11.9 Å². The number of aryl methyl sites for hydroxylation is 1. The number of carbonyl (C=O) groups excluding carboxylic acids is 1. The van der Waals surface area contributed by atoms with Crippen LogP contribution >= 0.6 is 0 Å². The van der Waals surface area contributed by atoms with Gasteiger partial charge in [0.2, 0.25) is 5.91 Å². The van der Waals surface area contributed by atoms with Gasteiger partial charge in [-0.25, -0.2) is 0 Å². The van der Waals surface area contributed by atoms with Gasteiger partial charge >= 0.3 is 0 Å². The molecular formula is C18H23N3O. The maximum atomic E-state index is 13.1. The van der Waals surface area contributed by atoms with Crippen LogP contribution in [0.5, 0.6) is 0 Å². The highest BCUT2D eigenvalue weighted by Gasteiger charge is 2.28. The standard InChI is InChI=1S/C18H23N3O/c1-5-21(16-10-6-8-14(2)12-16)18(22)17(20(3)4)15-9-7-11-19-13-15/h6-13,17H,5H2,1-4H3. The maximum Gasteiger partial charge on any atom is 0.248 e. The fourth-order valence-corrected chi connectivity index (χ4v) is 2.61. The summed E-state index contributed by atoms with van der Waals surface area (Å²) in [5.41, 5.74) is 2.98. The van der Waals surface area contributed by atoms with Gasteiger partial charge in [-0.3, -0.25) is 14.7 Å². The van der Waals surface area contributed by atoms with Crippen LogP contribution in [0.15, 0.2) is 48.8 Å². The molecule has 1 aromatic heterocycles. The molecule has 1 atom stereocenters. The van der Waals surface area contributed by atoms with Crippen molar-refractivity contribution in [2.75, 3.05) is 25.5 Å². The van der Waals surface area contributed by atoms with Crippen LogP contribution in [-0.4, -0.2) is 36.4 Å². The van der Waals surface area contributed by atoms with E-state index in [2.05, 4.69) is 4.98 Å². The van der Waals surface area contributed by atoms with E-state index < -0.39 is 0 Å². The van der Waals surface area contributed by atoms with Crippen LogP contribution in [0.25, 0.3) is 0 Å². The predicted molar refractivity (Wildman–Crippen MR) is 89.9 cm³/mol. The SMILES string of the molecule is CCN(C(=O)C(c1cccnc1)N(C)C)c1cccc(C)c1. The molecule has 0 saturated heterocycles. The lowest BCUT2D eigenvalue weighted by Crippen LogP contribution is -2.40. The molecule has 0 radical (unpaired) electrons. The smallest absolute Gasteiger partial charge is 0.248 e. The average molecular weight is 297 g/mol. The molecule has 0 aliphatic rings. The molecule has 22 heavy (non-hydrogen) atoms. The Kier molecular flexibility index (Phi) is 5.28. The first-order valence-electron chi connectivity index (χ1n) is 7.49. The number of hydrogen-bond donors (Lipinski definition) is 0. The zero-order valence-electron chi connectivity index (χ0n) is 13.7. The van der Waals surface area contributed by atoms with Gasteiger partial charge < -0.3 is 4.90 Å². The number of hydrogen-bond acceptors (Lipinski definition) is 3. The summed E-state index contributed by atoms with van der Waals surface area (Å²) in [4.78, 5) is 21.0. The van der Waals surface area contributed by atoms with Gasteiger partial charge in [-0.15, -0.1) is 0 Å². The van der Waals surface area contributed by atoms with E-state index in [9.17, 15) is 4.79 Å². The van der Waals surface area contributed by atoms with Crippen molar-refractivity contribution in [3.05, 3.63) is 59.9 Å². The minimum Gasteiger partial charge on any atom is -0.311 e. The number of nitrogens with zero attached hydrogens (tertiary/aromatic N) is 3. The molecule has 0 aliphatic heterocycles. The minimum absolute atomic E-state index is 0.0612. The molecule has 116 valence electrons. The highest BCUT2D eigenvalue weighted by Crippen LogP contribution is 2.24. The Balaban J connectivity index is 2.37. The fourth-order valence-electron chi connectivity index (χ4n) is 2.61. The highest BCUT2D eigenvalue weighted by molar-refractivity contribution is 5.97. The topological polar surface area (TPSA) is 36.4 Å². The molecule has 0 bridgehead atoms. The summed E-state index contributed by atoms with van der Waals surface area (Å²) < 4.78 is 0. The van der Waals surface area contributed by atoms with Crippen molar-refractivity contribution < 1.29 is 4.79 Å². The van der Waals surface area contributed by atoms with Crippen LogP contribution in [0, 0.1) is 6.92 Å². The zero-order valence-corrected chi connectivity index (χ0v) is 13.7. The van der Waals surface area contributed by atoms with Crippen molar-refractivity contribution in [2.24, 2.45) is 0 Å². The predicted octanol–water partition coefficient (Wildman–Crippen LogP) is 3.05. The molecule has 0 saturated carbocycles. The molecule has 2 rings (SSSR count). The second kappa shape index (κ2) is 7.18. The van der Waals surface area contributed by atoms with Gasteiger partial charge in [0, 0.05) is 24.6 Å². The summed E-state index contributed by atoms with van der Waals surface area (Å²) in [5.74, 6) is 0.0612. The van der Waals surface area contributed by atoms with Crippen LogP contribution in [0.2, 0.25) is 0 Å². The van der Waals surface area contributed by atoms with Crippen LogP contribution in [0.3, 0.4) is 0 Å². The second-order valence-electron chi connectivity index (χ2n) is 5.57. The molecule has 0 fully saturated rings. The van der Waals surface area contributed by atoms with Gasteiger partial charge in [0.05, 0.1) is 0 Å². The van der Waals surface area contributed by atoms with Gasteiger partial charge in [-0.2, -0.15) is 0 Å². The van der Waals surface area contributed by atoms with Gasteiger partial charge in [-0.1, -0.05) is 18.2 Å². The summed E-state index contributed by atoms with van der Waals surface area (Å²) in [7, 11) is 3.83. The van der Waals surface area contributed by atoms with Crippen LogP contribution in [0.1, 0.15) is 24.1 Å². The molecular weight excluding hydrogens is 274 g/mol. The van der Waals surface area contributed by atoms with Crippen LogP contribution < -0.4 is 4.90 Å². The third kappa shape index (κ3) is 3.52. The molecule has 4 heteroatoms. The van der Waals surface area contributed by atoms with Crippen molar-refractivity contribution in [3.63, 3.8) is 0 Å². The Morgan fingerprint density at radius 2 is 2.00 bits per heavy atom. The number of aromatic nitrogens is 1. The first-order valence-corrected chi connectivity index (χ1v) is 7.49. The molecule has 0 spiro atoms. The molecule has 1 heterocycles. The first-order chi connectivity index (χ1) is 10.5. The van der Waals surface area contributed by atoms with Gasteiger partial charge in [0.25, 0.3) is 0 Å². The van der Waals surface area contributed by atoms with Crippen LogP contribution in [0.4, 0.5) is 5.69 Å². The molecule has 1 unspecified atom stereocenters. The van der Waals surface area contributed by atoms with E-state index in [1.807, 2.05) is 74.1 Å². The summed E-state index contributed by atoms with van der Waals surface area (Å²) in [6.45, 7) is 4.66. The van der Waals surface area contributed by atoms with Crippen molar-refractivity contribution in [3.8, 4) is 0 Å². The summed E-state index contributed by atoms with van der Waals surface area (Å²) in [6, 6.07) is 11.5. The first kappa shape index (κ1) is 16.2. The highest BCUT2D eigenvalue weighted by atomic mass is 16.2. The Labute approximate surface area is 132 Å². The van der Waals surface area contributed by atoms with Crippen LogP contribution in [-0.2, 0) is 4.79 Å². The number of carbonyl (C=O) groups is 1. The molecule has 4 nitrogen and oxygen atoms in total. The van der Waals surface area contributed by atoms with Crippen molar-refractivity contribution >= 4 is 11.6 Å². The molecule has 2 aromatic rings. The van der Waals surface area contributed by atoms with Crippen molar-refractivity contribution in [2.45, 2.75) is 19.9 Å². The number of likely N-dealkylation sites (N-methyl/N-ethyl adjacent to an activating group) is 2. The van der Waals surface area contributed by atoms with E-state index in [0.717, 1.165) is 16.8 Å². The lowest BCUT2D eigenvalue weighted by Gasteiger charge is -2.30. The molecule has 1 amide bonds. The van der Waals surface area contributed by atoms with E-state index in [4.69, 9.17) is 0 Å². The fraction of sp³-hybridized carbons (Fsp3) is 0.333. The largest absolute Gasteiger partial charge is 0.311 e. The Bertz CT molecular complexity index is 625. The Morgan fingerprint density at radius 1 is 1.23 bits per heavy atom. The summed E-state index contributed by atoms with van der Waals surface area (Å²) >= 11 is 0. The minimum atomic E-state index is -0.339. The normalized spacial score (nSPS) is 12.2. The quantitative estimate of drug-likeness (QED) is 0.851. The lowest BCUT2D eigenvalue weighted by molar-refractivity contribution is -0.123. The third-order valence-electron chi connectivity index (χ3n) is 3.65. The number of amides is 1. The maximum absolute atomic E-state index is 13.1. The Hall–Kier alpha value is -2.20. The zero-order chi connectivity index (χ0) is 16.1. The van der Waals surface area contributed by atoms with E-state index in [1.165, 1.54) is 0 Å². The Morgan fingerprint density at radius 3 is 2.55 bits per heavy atom.